The molecule has 1 fully saturated rings. The van der Waals surface area contributed by atoms with Gasteiger partial charge in [-0.15, -0.1) is 11.3 Å². The van der Waals surface area contributed by atoms with E-state index in [0.29, 0.717) is 24.3 Å². The fraction of sp³-hybridized carbons (Fsp3) is 0.316. The number of carbonyl (C=O) groups excluding carboxylic acids is 1. The molecule has 1 atom stereocenters. The molecule has 5 nitrogen and oxygen atoms in total. The molecule has 136 valence electrons. The molecule has 0 spiro atoms. The zero-order chi connectivity index (χ0) is 18.3. The maximum absolute atomic E-state index is 13.3. The van der Waals surface area contributed by atoms with Gasteiger partial charge < -0.3 is 9.32 Å². The Bertz CT molecular complexity index is 1050. The van der Waals surface area contributed by atoms with Crippen LogP contribution in [0.15, 0.2) is 46.2 Å². The van der Waals surface area contributed by atoms with Gasteiger partial charge in [0.25, 0.3) is 5.91 Å². The summed E-state index contributed by atoms with van der Waals surface area (Å²) in [7, 11) is -3.09. The lowest BCUT2D eigenvalue weighted by Gasteiger charge is -2.27. The Morgan fingerprint density at radius 3 is 2.73 bits per heavy atom. The highest BCUT2D eigenvalue weighted by Crippen LogP contribution is 2.29. The first-order valence-corrected chi connectivity index (χ1v) is 11.2. The molecule has 3 aromatic rings. The Hall–Kier alpha value is -2.12. The molecule has 0 unspecified atom stereocenters. The second kappa shape index (κ2) is 6.55. The van der Waals surface area contributed by atoms with E-state index in [1.807, 2.05) is 48.7 Å². The second-order valence-electron chi connectivity index (χ2n) is 6.62. The lowest BCUT2D eigenvalue weighted by molar-refractivity contribution is 0.0651. The number of fused-ring (bicyclic) bond motifs is 1. The van der Waals surface area contributed by atoms with Crippen molar-refractivity contribution in [3.8, 4) is 0 Å². The van der Waals surface area contributed by atoms with E-state index in [1.54, 1.807) is 16.2 Å². The average molecular weight is 389 g/mol. The van der Waals surface area contributed by atoms with Gasteiger partial charge in [-0.25, -0.2) is 8.42 Å². The quantitative estimate of drug-likeness (QED) is 0.683. The summed E-state index contributed by atoms with van der Waals surface area (Å²) in [4.78, 5) is 16.0. The fourth-order valence-corrected chi connectivity index (χ4v) is 5.90. The lowest BCUT2D eigenvalue weighted by atomic mass is 10.1. The van der Waals surface area contributed by atoms with Gasteiger partial charge in [0.2, 0.25) is 0 Å². The van der Waals surface area contributed by atoms with Gasteiger partial charge in [-0.1, -0.05) is 24.3 Å². The summed E-state index contributed by atoms with van der Waals surface area (Å²) in [5, 5.41) is 2.86. The van der Waals surface area contributed by atoms with E-state index in [0.717, 1.165) is 15.8 Å². The number of rotatable bonds is 4. The summed E-state index contributed by atoms with van der Waals surface area (Å²) in [5.74, 6) is 0.204. The van der Waals surface area contributed by atoms with Crippen LogP contribution in [0.1, 0.15) is 27.4 Å². The first-order valence-electron chi connectivity index (χ1n) is 8.46. The smallest absolute Gasteiger partial charge is 0.290 e. The van der Waals surface area contributed by atoms with Gasteiger partial charge in [0.1, 0.15) is 5.58 Å². The van der Waals surface area contributed by atoms with Crippen molar-refractivity contribution in [2.24, 2.45) is 0 Å². The van der Waals surface area contributed by atoms with Crippen molar-refractivity contribution in [3.63, 3.8) is 0 Å². The van der Waals surface area contributed by atoms with Crippen molar-refractivity contribution < 1.29 is 17.6 Å². The van der Waals surface area contributed by atoms with Crippen LogP contribution in [-0.4, -0.2) is 36.8 Å². The van der Waals surface area contributed by atoms with Crippen molar-refractivity contribution in [1.82, 2.24) is 4.90 Å². The highest BCUT2D eigenvalue weighted by Gasteiger charge is 2.36. The van der Waals surface area contributed by atoms with Gasteiger partial charge >= 0.3 is 0 Å². The first-order chi connectivity index (χ1) is 12.4. The highest BCUT2D eigenvalue weighted by atomic mass is 32.2. The van der Waals surface area contributed by atoms with Gasteiger partial charge in [-0.2, -0.15) is 0 Å². The normalized spacial score (nSPS) is 19.0. The van der Waals surface area contributed by atoms with E-state index in [4.69, 9.17) is 4.42 Å². The van der Waals surface area contributed by atoms with Crippen LogP contribution in [0.4, 0.5) is 0 Å². The van der Waals surface area contributed by atoms with Crippen LogP contribution < -0.4 is 0 Å². The number of carbonyl (C=O) groups is 1. The molecule has 7 heteroatoms. The van der Waals surface area contributed by atoms with Crippen molar-refractivity contribution in [3.05, 3.63) is 58.0 Å². The zero-order valence-corrected chi connectivity index (χ0v) is 16.0. The Balaban J connectivity index is 1.72. The number of hydrogen-bond acceptors (Lipinski definition) is 5. The van der Waals surface area contributed by atoms with Gasteiger partial charge in [0.05, 0.1) is 18.1 Å². The Morgan fingerprint density at radius 1 is 1.27 bits per heavy atom. The van der Waals surface area contributed by atoms with Crippen LogP contribution in [0.25, 0.3) is 11.0 Å². The van der Waals surface area contributed by atoms with E-state index < -0.39 is 9.84 Å². The Morgan fingerprint density at radius 2 is 2.08 bits per heavy atom. The maximum atomic E-state index is 13.3. The standard InChI is InChI=1S/C19H19NO4S2/c1-13-16-6-2-3-7-17(16)24-18(13)19(21)20(11-15-5-4-9-25-15)14-8-10-26(22,23)12-14/h2-7,9,14H,8,10-12H2,1H3/t14-/m0/s1. The average Bonchev–Trinajstić information content (AvgIpc) is 3.32. The molecule has 0 aliphatic carbocycles. The number of hydrogen-bond donors (Lipinski definition) is 0. The molecular weight excluding hydrogens is 370 g/mol. The number of aryl methyl sites for hydroxylation is 1. The number of nitrogens with zero attached hydrogens (tertiary/aromatic N) is 1. The number of amides is 1. The zero-order valence-electron chi connectivity index (χ0n) is 14.3. The van der Waals surface area contributed by atoms with E-state index in [9.17, 15) is 13.2 Å². The molecule has 4 rings (SSSR count). The van der Waals surface area contributed by atoms with Crippen LogP contribution >= 0.6 is 11.3 Å². The SMILES string of the molecule is Cc1c(C(=O)N(Cc2cccs2)[C@H]2CCS(=O)(=O)C2)oc2ccccc12. The summed E-state index contributed by atoms with van der Waals surface area (Å²) in [5.41, 5.74) is 1.46. The largest absolute Gasteiger partial charge is 0.451 e. The Labute approximate surface area is 156 Å². The third kappa shape index (κ3) is 3.17. The summed E-state index contributed by atoms with van der Waals surface area (Å²) < 4.78 is 29.7. The van der Waals surface area contributed by atoms with E-state index >= 15 is 0 Å². The van der Waals surface area contributed by atoms with Crippen molar-refractivity contribution in [2.75, 3.05) is 11.5 Å². The molecule has 0 radical (unpaired) electrons. The predicted molar refractivity (Wildman–Crippen MR) is 102 cm³/mol. The van der Waals surface area contributed by atoms with E-state index in [1.165, 1.54) is 0 Å². The monoisotopic (exact) mass is 389 g/mol. The summed E-state index contributed by atoms with van der Waals surface area (Å²) in [6.07, 6.45) is 0.471. The molecule has 0 bridgehead atoms. The van der Waals surface area contributed by atoms with Gasteiger partial charge in [-0.05, 0) is 30.9 Å². The van der Waals surface area contributed by atoms with Crippen LogP contribution in [0, 0.1) is 6.92 Å². The van der Waals surface area contributed by atoms with Crippen molar-refractivity contribution in [1.29, 1.82) is 0 Å². The molecule has 0 saturated carbocycles. The van der Waals surface area contributed by atoms with Crippen molar-refractivity contribution >= 4 is 38.1 Å². The number of para-hydroxylation sites is 1. The second-order valence-corrected chi connectivity index (χ2v) is 9.88. The molecule has 26 heavy (non-hydrogen) atoms. The lowest BCUT2D eigenvalue weighted by Crippen LogP contribution is -2.40. The van der Waals surface area contributed by atoms with Gasteiger partial charge in [-0.3, -0.25) is 4.79 Å². The maximum Gasteiger partial charge on any atom is 0.290 e. The molecule has 1 aliphatic heterocycles. The molecule has 0 N–H and O–H groups in total. The number of benzene rings is 1. The topological polar surface area (TPSA) is 67.6 Å². The summed E-state index contributed by atoms with van der Waals surface area (Å²) >= 11 is 1.56. The molecule has 1 aliphatic rings. The predicted octanol–water partition coefficient (Wildman–Crippen LogP) is 3.63. The minimum Gasteiger partial charge on any atom is -0.451 e. The van der Waals surface area contributed by atoms with Gasteiger partial charge in [0.15, 0.2) is 15.6 Å². The van der Waals surface area contributed by atoms with Crippen molar-refractivity contribution in [2.45, 2.75) is 25.9 Å². The molecule has 3 heterocycles. The van der Waals surface area contributed by atoms with E-state index in [2.05, 4.69) is 0 Å². The first kappa shape index (κ1) is 17.3. The third-order valence-electron chi connectivity index (χ3n) is 4.85. The number of thiophene rings is 1. The minimum atomic E-state index is -3.09. The number of sulfone groups is 1. The molecular formula is C19H19NO4S2. The molecule has 1 saturated heterocycles. The Kier molecular flexibility index (Phi) is 4.36. The molecule has 2 aromatic heterocycles. The third-order valence-corrected chi connectivity index (χ3v) is 7.47. The summed E-state index contributed by atoms with van der Waals surface area (Å²) in [6, 6.07) is 11.1. The van der Waals surface area contributed by atoms with E-state index in [-0.39, 0.29) is 23.5 Å². The molecule has 1 aromatic carbocycles. The summed E-state index contributed by atoms with van der Waals surface area (Å²) in [6.45, 7) is 2.26. The van der Waals surface area contributed by atoms with Gasteiger partial charge in [0, 0.05) is 21.9 Å². The molecule has 1 amide bonds. The van der Waals surface area contributed by atoms with Crippen LogP contribution in [0.3, 0.4) is 0 Å². The number of furan rings is 1. The highest BCUT2D eigenvalue weighted by molar-refractivity contribution is 7.91. The van der Waals surface area contributed by atoms with Crippen LogP contribution in [-0.2, 0) is 16.4 Å². The van der Waals surface area contributed by atoms with Crippen LogP contribution in [0.5, 0.6) is 0 Å². The fourth-order valence-electron chi connectivity index (χ4n) is 3.47. The van der Waals surface area contributed by atoms with Crippen LogP contribution in [0.2, 0.25) is 0 Å². The minimum absolute atomic E-state index is 0.0173.